The fraction of sp³-hybridized carbons (Fsp3) is 0.316. The standard InChI is InChI=1S/C19H23ClN2O2S/c1-14-5-11-17(12-6-14)25(23,24)22-18(21-19(2,3)4)13-15-7-9-16(20)10-8-15/h5-12H,13H2,1-4H3,(H,21,22). The first-order valence-corrected chi connectivity index (χ1v) is 9.84. The molecule has 0 radical (unpaired) electrons. The summed E-state index contributed by atoms with van der Waals surface area (Å²) < 4.78 is 28.0. The van der Waals surface area contributed by atoms with Gasteiger partial charge in [-0.15, -0.1) is 0 Å². The molecule has 0 atom stereocenters. The highest BCUT2D eigenvalue weighted by atomic mass is 35.5. The molecule has 0 saturated heterocycles. The van der Waals surface area contributed by atoms with Gasteiger partial charge in [0.15, 0.2) is 0 Å². The summed E-state index contributed by atoms with van der Waals surface area (Å²) in [6.45, 7) is 7.69. The van der Waals surface area contributed by atoms with Gasteiger partial charge in [0.25, 0.3) is 10.0 Å². The van der Waals surface area contributed by atoms with E-state index >= 15 is 0 Å². The molecule has 134 valence electrons. The summed E-state index contributed by atoms with van der Waals surface area (Å²) in [5.41, 5.74) is 1.53. The van der Waals surface area contributed by atoms with Crippen LogP contribution in [0.2, 0.25) is 5.02 Å². The second-order valence-corrected chi connectivity index (χ2v) is 9.07. The first kappa shape index (κ1) is 19.5. The Morgan fingerprint density at radius 3 is 2.12 bits per heavy atom. The third kappa shape index (κ3) is 6.18. The maximum Gasteiger partial charge on any atom is 0.262 e. The zero-order valence-electron chi connectivity index (χ0n) is 14.9. The number of amidine groups is 1. The van der Waals surface area contributed by atoms with E-state index in [2.05, 4.69) is 9.71 Å². The van der Waals surface area contributed by atoms with E-state index < -0.39 is 15.6 Å². The van der Waals surface area contributed by atoms with Gasteiger partial charge in [-0.05, 0) is 57.5 Å². The van der Waals surface area contributed by atoms with Gasteiger partial charge in [-0.2, -0.15) is 0 Å². The Labute approximate surface area is 155 Å². The molecule has 0 aliphatic carbocycles. The Bertz CT molecular complexity index is 850. The molecular weight excluding hydrogens is 356 g/mol. The van der Waals surface area contributed by atoms with E-state index in [1.54, 1.807) is 36.4 Å². The quantitative estimate of drug-likeness (QED) is 0.634. The maximum absolute atomic E-state index is 12.7. The van der Waals surface area contributed by atoms with Gasteiger partial charge >= 0.3 is 0 Å². The van der Waals surface area contributed by atoms with Crippen molar-refractivity contribution in [2.45, 2.75) is 44.6 Å². The minimum atomic E-state index is -3.68. The number of aryl methyl sites for hydroxylation is 1. The van der Waals surface area contributed by atoms with Crippen molar-refractivity contribution in [3.05, 3.63) is 64.7 Å². The summed E-state index contributed by atoms with van der Waals surface area (Å²) in [5, 5.41) is 0.637. The Balaban J connectivity index is 2.31. The molecule has 0 saturated carbocycles. The topological polar surface area (TPSA) is 58.5 Å². The number of hydrogen-bond donors (Lipinski definition) is 1. The van der Waals surface area contributed by atoms with Crippen LogP contribution in [0.5, 0.6) is 0 Å². The van der Waals surface area contributed by atoms with Crippen molar-refractivity contribution in [2.75, 3.05) is 0 Å². The van der Waals surface area contributed by atoms with Crippen molar-refractivity contribution >= 4 is 27.5 Å². The smallest absolute Gasteiger partial charge is 0.262 e. The van der Waals surface area contributed by atoms with Crippen LogP contribution in [0.4, 0.5) is 0 Å². The number of rotatable bonds is 4. The lowest BCUT2D eigenvalue weighted by Crippen LogP contribution is -2.34. The number of hydrogen-bond acceptors (Lipinski definition) is 3. The van der Waals surface area contributed by atoms with Crippen LogP contribution < -0.4 is 4.72 Å². The molecule has 0 spiro atoms. The Kier molecular flexibility index (Phi) is 5.91. The summed E-state index contributed by atoms with van der Waals surface area (Å²) in [6, 6.07) is 14.0. The number of benzene rings is 2. The Morgan fingerprint density at radius 2 is 1.60 bits per heavy atom. The van der Waals surface area contributed by atoms with E-state index in [4.69, 9.17) is 11.6 Å². The van der Waals surface area contributed by atoms with E-state index in [0.717, 1.165) is 11.1 Å². The second kappa shape index (κ2) is 7.58. The Morgan fingerprint density at radius 1 is 1.04 bits per heavy atom. The molecule has 0 aliphatic rings. The number of sulfonamides is 1. The highest BCUT2D eigenvalue weighted by Gasteiger charge is 2.19. The van der Waals surface area contributed by atoms with Gasteiger partial charge in [0, 0.05) is 11.4 Å². The fourth-order valence-corrected chi connectivity index (χ4v) is 3.40. The van der Waals surface area contributed by atoms with Crippen LogP contribution in [0.15, 0.2) is 58.4 Å². The third-order valence-corrected chi connectivity index (χ3v) is 4.99. The summed E-state index contributed by atoms with van der Waals surface area (Å²) in [6.07, 6.45) is 0.375. The van der Waals surface area contributed by atoms with E-state index in [0.29, 0.717) is 17.3 Å². The lowest BCUT2D eigenvalue weighted by Gasteiger charge is -2.18. The number of halogens is 1. The Hall–Kier alpha value is -1.85. The van der Waals surface area contributed by atoms with Crippen molar-refractivity contribution in [3.8, 4) is 0 Å². The molecule has 0 fully saturated rings. The molecule has 0 amide bonds. The average molecular weight is 379 g/mol. The van der Waals surface area contributed by atoms with Crippen molar-refractivity contribution in [1.82, 2.24) is 4.72 Å². The van der Waals surface area contributed by atoms with Crippen LogP contribution in [0, 0.1) is 6.92 Å². The van der Waals surface area contributed by atoms with E-state index in [-0.39, 0.29) is 4.90 Å². The van der Waals surface area contributed by atoms with E-state index in [1.165, 1.54) is 0 Å². The van der Waals surface area contributed by atoms with Gasteiger partial charge < -0.3 is 0 Å². The second-order valence-electron chi connectivity index (χ2n) is 6.95. The van der Waals surface area contributed by atoms with Crippen molar-refractivity contribution in [1.29, 1.82) is 0 Å². The van der Waals surface area contributed by atoms with Crippen LogP contribution in [-0.2, 0) is 16.4 Å². The highest BCUT2D eigenvalue weighted by molar-refractivity contribution is 7.90. The minimum Gasteiger partial charge on any atom is -0.267 e. The fourth-order valence-electron chi connectivity index (χ4n) is 2.23. The number of nitrogens with zero attached hydrogens (tertiary/aromatic N) is 1. The van der Waals surface area contributed by atoms with Gasteiger partial charge in [0.1, 0.15) is 5.84 Å². The van der Waals surface area contributed by atoms with Crippen LogP contribution >= 0.6 is 11.6 Å². The number of nitrogens with one attached hydrogen (secondary N) is 1. The molecule has 0 bridgehead atoms. The maximum atomic E-state index is 12.7. The summed E-state index contributed by atoms with van der Waals surface area (Å²) in [5.74, 6) is 0.399. The van der Waals surface area contributed by atoms with Gasteiger partial charge in [0.2, 0.25) is 0 Å². The molecule has 25 heavy (non-hydrogen) atoms. The van der Waals surface area contributed by atoms with Gasteiger partial charge in [-0.25, -0.2) is 8.42 Å². The largest absolute Gasteiger partial charge is 0.267 e. The van der Waals surface area contributed by atoms with Crippen LogP contribution in [-0.4, -0.2) is 19.8 Å². The predicted octanol–water partition coefficient (Wildman–Crippen LogP) is 4.37. The molecule has 1 N–H and O–H groups in total. The average Bonchev–Trinajstić information content (AvgIpc) is 2.48. The van der Waals surface area contributed by atoms with Crippen molar-refractivity contribution in [2.24, 2.45) is 4.99 Å². The molecule has 4 nitrogen and oxygen atoms in total. The highest BCUT2D eigenvalue weighted by Crippen LogP contribution is 2.15. The molecule has 6 heteroatoms. The normalized spacial score (nSPS) is 12.9. The van der Waals surface area contributed by atoms with Crippen LogP contribution in [0.1, 0.15) is 31.9 Å². The molecule has 2 aromatic rings. The zero-order valence-corrected chi connectivity index (χ0v) is 16.4. The SMILES string of the molecule is Cc1ccc(S(=O)(=O)NC(Cc2ccc(Cl)cc2)=NC(C)(C)C)cc1. The molecule has 0 aromatic heterocycles. The molecule has 0 aliphatic heterocycles. The molecule has 0 heterocycles. The lowest BCUT2D eigenvalue weighted by molar-refractivity contribution is 0.576. The van der Waals surface area contributed by atoms with Crippen LogP contribution in [0.3, 0.4) is 0 Å². The predicted molar refractivity (Wildman–Crippen MR) is 104 cm³/mol. The zero-order chi connectivity index (χ0) is 18.7. The van der Waals surface area contributed by atoms with E-state index in [1.807, 2.05) is 39.8 Å². The van der Waals surface area contributed by atoms with Gasteiger partial charge in [0.05, 0.1) is 10.4 Å². The minimum absolute atomic E-state index is 0.218. The lowest BCUT2D eigenvalue weighted by atomic mass is 10.1. The number of aliphatic imine (C=N–C) groups is 1. The third-order valence-electron chi connectivity index (χ3n) is 3.34. The first-order valence-electron chi connectivity index (χ1n) is 7.98. The summed E-state index contributed by atoms with van der Waals surface area (Å²) >= 11 is 5.91. The van der Waals surface area contributed by atoms with Crippen molar-refractivity contribution in [3.63, 3.8) is 0 Å². The molecule has 2 rings (SSSR count). The molecule has 0 unspecified atom stereocenters. The van der Waals surface area contributed by atoms with Gasteiger partial charge in [-0.1, -0.05) is 41.4 Å². The molecular formula is C19H23ClN2O2S. The monoisotopic (exact) mass is 378 g/mol. The van der Waals surface area contributed by atoms with E-state index in [9.17, 15) is 8.42 Å². The van der Waals surface area contributed by atoms with Crippen LogP contribution in [0.25, 0.3) is 0 Å². The van der Waals surface area contributed by atoms with Crippen molar-refractivity contribution < 1.29 is 8.42 Å². The van der Waals surface area contributed by atoms with Gasteiger partial charge in [-0.3, -0.25) is 9.71 Å². The summed E-state index contributed by atoms with van der Waals surface area (Å²) in [4.78, 5) is 4.77. The molecule has 2 aromatic carbocycles. The summed E-state index contributed by atoms with van der Waals surface area (Å²) in [7, 11) is -3.68. The first-order chi connectivity index (χ1) is 11.5.